The van der Waals surface area contributed by atoms with E-state index in [0.717, 1.165) is 18.0 Å². The molecule has 0 aliphatic carbocycles. The minimum absolute atomic E-state index is 0.460. The summed E-state index contributed by atoms with van der Waals surface area (Å²) >= 11 is 0. The number of rotatable bonds is 5. The molecule has 2 nitrogen and oxygen atoms in total. The first kappa shape index (κ1) is 14.6. The van der Waals surface area contributed by atoms with E-state index >= 15 is 0 Å². The Morgan fingerprint density at radius 1 is 1.00 bits per heavy atom. The molecular weight excluding hydrogens is 246 g/mol. The average Bonchev–Trinajstić information content (AvgIpc) is 2.39. The maximum absolute atomic E-state index is 6.04. The third kappa shape index (κ3) is 4.10. The van der Waals surface area contributed by atoms with E-state index in [0.29, 0.717) is 6.04 Å². The molecule has 0 fully saturated rings. The van der Waals surface area contributed by atoms with E-state index in [-0.39, 0.29) is 0 Å². The highest BCUT2D eigenvalue weighted by molar-refractivity contribution is 5.41. The molecule has 106 valence electrons. The summed E-state index contributed by atoms with van der Waals surface area (Å²) in [6.45, 7) is 9.30. The fraction of sp³-hybridized carbons (Fsp3) is 0.333. The molecule has 0 atom stereocenters. The van der Waals surface area contributed by atoms with Crippen molar-refractivity contribution in [1.82, 2.24) is 5.32 Å². The molecule has 0 unspecified atom stereocenters. The van der Waals surface area contributed by atoms with Crippen molar-refractivity contribution in [2.24, 2.45) is 0 Å². The van der Waals surface area contributed by atoms with Crippen LogP contribution in [0.2, 0.25) is 0 Å². The minimum Gasteiger partial charge on any atom is -0.457 e. The van der Waals surface area contributed by atoms with E-state index in [1.807, 2.05) is 12.1 Å². The normalized spacial score (nSPS) is 10.8. The Balaban J connectivity index is 2.21. The molecule has 2 heteroatoms. The lowest BCUT2D eigenvalue weighted by molar-refractivity contribution is 0.469. The third-order valence-electron chi connectivity index (χ3n) is 3.13. The van der Waals surface area contributed by atoms with Gasteiger partial charge in [-0.25, -0.2) is 0 Å². The molecule has 0 amide bonds. The molecule has 20 heavy (non-hydrogen) atoms. The van der Waals surface area contributed by atoms with Gasteiger partial charge in [0.15, 0.2) is 0 Å². The summed E-state index contributed by atoms with van der Waals surface area (Å²) in [4.78, 5) is 0. The van der Waals surface area contributed by atoms with Crippen LogP contribution < -0.4 is 10.1 Å². The van der Waals surface area contributed by atoms with Gasteiger partial charge in [-0.3, -0.25) is 0 Å². The van der Waals surface area contributed by atoms with E-state index in [9.17, 15) is 0 Å². The van der Waals surface area contributed by atoms with Crippen molar-refractivity contribution in [3.63, 3.8) is 0 Å². The quantitative estimate of drug-likeness (QED) is 0.857. The van der Waals surface area contributed by atoms with Crippen LogP contribution in [-0.4, -0.2) is 6.04 Å². The first-order valence-electron chi connectivity index (χ1n) is 7.12. The smallest absolute Gasteiger partial charge is 0.131 e. The standard InChI is InChI=1S/C18H23NO/c1-13(2)19-12-16-10-15(4)8-9-18(16)20-17-7-5-6-14(3)11-17/h5-11,13,19H,12H2,1-4H3. The van der Waals surface area contributed by atoms with Crippen molar-refractivity contribution in [1.29, 1.82) is 0 Å². The largest absolute Gasteiger partial charge is 0.457 e. The highest BCUT2D eigenvalue weighted by atomic mass is 16.5. The molecule has 0 aromatic heterocycles. The van der Waals surface area contributed by atoms with E-state index < -0.39 is 0 Å². The van der Waals surface area contributed by atoms with Crippen molar-refractivity contribution < 1.29 is 4.74 Å². The van der Waals surface area contributed by atoms with E-state index in [2.05, 4.69) is 63.3 Å². The third-order valence-corrected chi connectivity index (χ3v) is 3.13. The molecule has 2 aromatic rings. The van der Waals surface area contributed by atoms with Crippen molar-refractivity contribution in [3.8, 4) is 11.5 Å². The van der Waals surface area contributed by atoms with Gasteiger partial charge in [-0.15, -0.1) is 0 Å². The van der Waals surface area contributed by atoms with E-state index in [1.165, 1.54) is 16.7 Å². The van der Waals surface area contributed by atoms with Crippen molar-refractivity contribution in [3.05, 3.63) is 59.2 Å². The molecule has 0 bridgehead atoms. The van der Waals surface area contributed by atoms with Crippen LogP contribution in [0.15, 0.2) is 42.5 Å². The first-order valence-corrected chi connectivity index (χ1v) is 7.12. The van der Waals surface area contributed by atoms with Crippen LogP contribution in [0.3, 0.4) is 0 Å². The number of benzene rings is 2. The van der Waals surface area contributed by atoms with Gasteiger partial charge in [-0.05, 0) is 37.6 Å². The average molecular weight is 269 g/mol. The highest BCUT2D eigenvalue weighted by Gasteiger charge is 2.06. The van der Waals surface area contributed by atoms with Crippen LogP contribution in [0, 0.1) is 13.8 Å². The summed E-state index contributed by atoms with van der Waals surface area (Å²) in [5, 5.41) is 3.45. The van der Waals surface area contributed by atoms with Crippen molar-refractivity contribution >= 4 is 0 Å². The molecule has 0 radical (unpaired) electrons. The Morgan fingerprint density at radius 3 is 2.45 bits per heavy atom. The Hall–Kier alpha value is -1.80. The lowest BCUT2D eigenvalue weighted by atomic mass is 10.1. The molecule has 2 aromatic carbocycles. The first-order chi connectivity index (χ1) is 9.54. The van der Waals surface area contributed by atoms with Crippen molar-refractivity contribution in [2.45, 2.75) is 40.3 Å². The molecule has 0 aliphatic rings. The zero-order valence-electron chi connectivity index (χ0n) is 12.7. The zero-order chi connectivity index (χ0) is 14.5. The Bertz CT molecular complexity index is 575. The van der Waals surface area contributed by atoms with Gasteiger partial charge in [0.2, 0.25) is 0 Å². The van der Waals surface area contributed by atoms with E-state index in [1.54, 1.807) is 0 Å². The zero-order valence-corrected chi connectivity index (χ0v) is 12.7. The number of nitrogens with one attached hydrogen (secondary N) is 1. The Kier molecular flexibility index (Phi) is 4.80. The lowest BCUT2D eigenvalue weighted by Crippen LogP contribution is -2.22. The number of ether oxygens (including phenoxy) is 1. The van der Waals surface area contributed by atoms with Crippen LogP contribution in [0.5, 0.6) is 11.5 Å². The molecule has 0 saturated heterocycles. The molecule has 1 N–H and O–H groups in total. The van der Waals surface area contributed by atoms with Crippen LogP contribution in [0.4, 0.5) is 0 Å². The maximum Gasteiger partial charge on any atom is 0.131 e. The summed E-state index contributed by atoms with van der Waals surface area (Å²) in [5.41, 5.74) is 3.65. The number of aryl methyl sites for hydroxylation is 2. The summed E-state index contributed by atoms with van der Waals surface area (Å²) in [7, 11) is 0. The van der Waals surface area contributed by atoms with Crippen LogP contribution >= 0.6 is 0 Å². The summed E-state index contributed by atoms with van der Waals surface area (Å²) in [6, 6.07) is 14.9. The summed E-state index contributed by atoms with van der Waals surface area (Å²) < 4.78 is 6.04. The SMILES string of the molecule is Cc1cccc(Oc2ccc(C)cc2CNC(C)C)c1. The maximum atomic E-state index is 6.04. The molecule has 0 saturated carbocycles. The van der Waals surface area contributed by atoms with Crippen LogP contribution in [0.1, 0.15) is 30.5 Å². The van der Waals surface area contributed by atoms with Gasteiger partial charge in [-0.2, -0.15) is 0 Å². The lowest BCUT2D eigenvalue weighted by Gasteiger charge is -2.14. The van der Waals surface area contributed by atoms with E-state index in [4.69, 9.17) is 4.74 Å². The van der Waals surface area contributed by atoms with Crippen LogP contribution in [-0.2, 0) is 6.54 Å². The second-order valence-corrected chi connectivity index (χ2v) is 5.57. The summed E-state index contributed by atoms with van der Waals surface area (Å²) in [6.07, 6.45) is 0. The van der Waals surface area contributed by atoms with Gasteiger partial charge >= 0.3 is 0 Å². The topological polar surface area (TPSA) is 21.3 Å². The molecule has 2 rings (SSSR count). The van der Waals surface area contributed by atoms with Gasteiger partial charge in [0.1, 0.15) is 11.5 Å². The van der Waals surface area contributed by atoms with Crippen LogP contribution in [0.25, 0.3) is 0 Å². The van der Waals surface area contributed by atoms with Gasteiger partial charge in [0.25, 0.3) is 0 Å². The fourth-order valence-electron chi connectivity index (χ4n) is 2.07. The van der Waals surface area contributed by atoms with Gasteiger partial charge in [0.05, 0.1) is 0 Å². The molecular formula is C18H23NO. The van der Waals surface area contributed by atoms with Gasteiger partial charge in [-0.1, -0.05) is 43.7 Å². The number of hydrogen-bond donors (Lipinski definition) is 1. The molecule has 0 heterocycles. The van der Waals surface area contributed by atoms with Crippen molar-refractivity contribution in [2.75, 3.05) is 0 Å². The number of hydrogen-bond acceptors (Lipinski definition) is 2. The van der Waals surface area contributed by atoms with Gasteiger partial charge < -0.3 is 10.1 Å². The summed E-state index contributed by atoms with van der Waals surface area (Å²) in [5.74, 6) is 1.81. The second-order valence-electron chi connectivity index (χ2n) is 5.57. The monoisotopic (exact) mass is 269 g/mol. The molecule has 0 aliphatic heterocycles. The highest BCUT2D eigenvalue weighted by Crippen LogP contribution is 2.27. The minimum atomic E-state index is 0.460. The molecule has 0 spiro atoms. The predicted molar refractivity (Wildman–Crippen MR) is 84.4 cm³/mol. The fourth-order valence-corrected chi connectivity index (χ4v) is 2.07. The Labute approximate surface area is 121 Å². The van der Waals surface area contributed by atoms with Gasteiger partial charge in [0, 0.05) is 18.2 Å². The second kappa shape index (κ2) is 6.58. The predicted octanol–water partition coefficient (Wildman–Crippen LogP) is 4.59. The Morgan fingerprint density at radius 2 is 1.75 bits per heavy atom.